The number of aliphatic imine (C=N–C) groups is 1. The van der Waals surface area contributed by atoms with Gasteiger partial charge in [-0.3, -0.25) is 0 Å². The van der Waals surface area contributed by atoms with Gasteiger partial charge in [-0.15, -0.1) is 0 Å². The van der Waals surface area contributed by atoms with E-state index in [1.165, 1.54) is 24.1 Å². The SMILES string of the molecule is CCCCC1N=C(NC(C)C)c2ccccc2N1. The molecule has 3 nitrogen and oxygen atoms in total. The summed E-state index contributed by atoms with van der Waals surface area (Å²) in [6, 6.07) is 8.78. The molecule has 98 valence electrons. The molecular formula is C15H23N3. The third kappa shape index (κ3) is 3.03. The van der Waals surface area contributed by atoms with E-state index in [1.807, 2.05) is 0 Å². The van der Waals surface area contributed by atoms with Crippen molar-refractivity contribution >= 4 is 11.5 Å². The van der Waals surface area contributed by atoms with Crippen LogP contribution in [0.3, 0.4) is 0 Å². The molecule has 1 atom stereocenters. The highest BCUT2D eigenvalue weighted by molar-refractivity contribution is 6.05. The van der Waals surface area contributed by atoms with E-state index in [0.717, 1.165) is 12.3 Å². The van der Waals surface area contributed by atoms with E-state index in [-0.39, 0.29) is 6.17 Å². The Morgan fingerprint density at radius 2 is 2.11 bits per heavy atom. The zero-order chi connectivity index (χ0) is 13.0. The summed E-state index contributed by atoms with van der Waals surface area (Å²) in [5, 5.41) is 6.96. The van der Waals surface area contributed by atoms with Crippen molar-refractivity contribution in [1.82, 2.24) is 5.32 Å². The Kier molecular flexibility index (Phi) is 4.24. The van der Waals surface area contributed by atoms with Crippen LogP contribution in [0.2, 0.25) is 0 Å². The van der Waals surface area contributed by atoms with E-state index >= 15 is 0 Å². The summed E-state index contributed by atoms with van der Waals surface area (Å²) in [4.78, 5) is 4.80. The normalized spacial score (nSPS) is 18.0. The number of para-hydroxylation sites is 1. The molecule has 1 aliphatic rings. The first-order valence-electron chi connectivity index (χ1n) is 6.91. The van der Waals surface area contributed by atoms with Crippen LogP contribution >= 0.6 is 0 Å². The highest BCUT2D eigenvalue weighted by Gasteiger charge is 2.19. The van der Waals surface area contributed by atoms with Crippen LogP contribution in [0.5, 0.6) is 0 Å². The first-order chi connectivity index (χ1) is 8.70. The zero-order valence-corrected chi connectivity index (χ0v) is 11.5. The number of benzene rings is 1. The molecule has 1 aliphatic heterocycles. The van der Waals surface area contributed by atoms with Crippen molar-refractivity contribution in [2.45, 2.75) is 52.2 Å². The second-order valence-electron chi connectivity index (χ2n) is 5.12. The number of nitrogens with one attached hydrogen (secondary N) is 2. The van der Waals surface area contributed by atoms with Gasteiger partial charge in [0.05, 0.1) is 0 Å². The summed E-state index contributed by atoms with van der Waals surface area (Å²) < 4.78 is 0. The van der Waals surface area contributed by atoms with Gasteiger partial charge >= 0.3 is 0 Å². The number of rotatable bonds is 4. The van der Waals surface area contributed by atoms with Crippen molar-refractivity contribution in [2.75, 3.05) is 5.32 Å². The van der Waals surface area contributed by atoms with Gasteiger partial charge in [0.25, 0.3) is 0 Å². The maximum atomic E-state index is 4.80. The minimum atomic E-state index is 0.209. The summed E-state index contributed by atoms with van der Waals surface area (Å²) in [5.41, 5.74) is 2.37. The number of hydrogen-bond donors (Lipinski definition) is 2. The van der Waals surface area contributed by atoms with Crippen molar-refractivity contribution in [3.8, 4) is 0 Å². The van der Waals surface area contributed by atoms with Crippen LogP contribution in [0.1, 0.15) is 45.6 Å². The molecule has 2 N–H and O–H groups in total. The number of unbranched alkanes of at least 4 members (excludes halogenated alkanes) is 1. The number of fused-ring (bicyclic) bond motifs is 1. The van der Waals surface area contributed by atoms with Crippen molar-refractivity contribution < 1.29 is 0 Å². The molecule has 0 spiro atoms. The topological polar surface area (TPSA) is 36.4 Å². The van der Waals surface area contributed by atoms with Gasteiger partial charge in [0.1, 0.15) is 12.0 Å². The second kappa shape index (κ2) is 5.89. The Balaban J connectivity index is 2.22. The maximum Gasteiger partial charge on any atom is 0.132 e. The highest BCUT2D eigenvalue weighted by Crippen LogP contribution is 2.23. The van der Waals surface area contributed by atoms with Crippen LogP contribution in [0.4, 0.5) is 5.69 Å². The fourth-order valence-electron chi connectivity index (χ4n) is 2.18. The Hall–Kier alpha value is -1.51. The van der Waals surface area contributed by atoms with E-state index in [0.29, 0.717) is 6.04 Å². The molecule has 1 unspecified atom stereocenters. The predicted octanol–water partition coefficient (Wildman–Crippen LogP) is 3.37. The maximum absolute atomic E-state index is 4.80. The first kappa shape index (κ1) is 12.9. The van der Waals surface area contributed by atoms with Crippen LogP contribution in [0.25, 0.3) is 0 Å². The first-order valence-corrected chi connectivity index (χ1v) is 6.91. The summed E-state index contributed by atoms with van der Waals surface area (Å²) in [5.74, 6) is 1.03. The smallest absolute Gasteiger partial charge is 0.132 e. The molecule has 1 aromatic rings. The minimum absolute atomic E-state index is 0.209. The number of amidine groups is 1. The average molecular weight is 245 g/mol. The summed E-state index contributed by atoms with van der Waals surface area (Å²) >= 11 is 0. The van der Waals surface area contributed by atoms with Gasteiger partial charge in [0.15, 0.2) is 0 Å². The second-order valence-corrected chi connectivity index (χ2v) is 5.12. The molecular weight excluding hydrogens is 222 g/mol. The lowest BCUT2D eigenvalue weighted by Gasteiger charge is -2.27. The highest BCUT2D eigenvalue weighted by atomic mass is 15.2. The molecule has 1 aromatic carbocycles. The van der Waals surface area contributed by atoms with Gasteiger partial charge < -0.3 is 10.6 Å². The lowest BCUT2D eigenvalue weighted by atomic mass is 10.1. The molecule has 2 rings (SSSR count). The molecule has 0 aromatic heterocycles. The molecule has 0 saturated heterocycles. The largest absolute Gasteiger partial charge is 0.368 e. The fraction of sp³-hybridized carbons (Fsp3) is 0.533. The predicted molar refractivity (Wildman–Crippen MR) is 78.2 cm³/mol. The molecule has 0 fully saturated rings. The minimum Gasteiger partial charge on any atom is -0.368 e. The van der Waals surface area contributed by atoms with E-state index < -0.39 is 0 Å². The van der Waals surface area contributed by atoms with Crippen LogP contribution in [-0.4, -0.2) is 18.0 Å². The van der Waals surface area contributed by atoms with Gasteiger partial charge in [-0.2, -0.15) is 0 Å². The zero-order valence-electron chi connectivity index (χ0n) is 11.5. The van der Waals surface area contributed by atoms with Crippen molar-refractivity contribution in [3.05, 3.63) is 29.8 Å². The number of nitrogens with zero attached hydrogens (tertiary/aromatic N) is 1. The molecule has 1 heterocycles. The Morgan fingerprint density at radius 1 is 1.33 bits per heavy atom. The van der Waals surface area contributed by atoms with Crippen molar-refractivity contribution in [3.63, 3.8) is 0 Å². The number of hydrogen-bond acceptors (Lipinski definition) is 3. The summed E-state index contributed by atoms with van der Waals surface area (Å²) in [6.07, 6.45) is 3.72. The van der Waals surface area contributed by atoms with Gasteiger partial charge in [-0.05, 0) is 38.8 Å². The van der Waals surface area contributed by atoms with E-state index in [1.54, 1.807) is 0 Å². The summed E-state index contributed by atoms with van der Waals surface area (Å²) in [7, 11) is 0. The molecule has 0 bridgehead atoms. The average Bonchev–Trinajstić information content (AvgIpc) is 2.35. The van der Waals surface area contributed by atoms with E-state index in [9.17, 15) is 0 Å². The van der Waals surface area contributed by atoms with Gasteiger partial charge in [-0.25, -0.2) is 4.99 Å². The molecule has 3 heteroatoms. The third-order valence-corrected chi connectivity index (χ3v) is 3.05. The van der Waals surface area contributed by atoms with Crippen molar-refractivity contribution in [2.24, 2.45) is 4.99 Å². The Bertz CT molecular complexity index is 424. The molecule has 18 heavy (non-hydrogen) atoms. The molecule has 0 aliphatic carbocycles. The molecule has 0 saturated carbocycles. The molecule has 0 radical (unpaired) electrons. The van der Waals surface area contributed by atoms with Crippen LogP contribution in [0.15, 0.2) is 29.3 Å². The Labute approximate surface area is 110 Å². The van der Waals surface area contributed by atoms with Gasteiger partial charge in [0.2, 0.25) is 0 Å². The van der Waals surface area contributed by atoms with Gasteiger partial charge in [0, 0.05) is 17.3 Å². The number of anilines is 1. The molecule has 0 amide bonds. The Morgan fingerprint density at radius 3 is 2.83 bits per heavy atom. The fourth-order valence-corrected chi connectivity index (χ4v) is 2.18. The van der Waals surface area contributed by atoms with E-state index in [4.69, 9.17) is 4.99 Å². The lowest BCUT2D eigenvalue weighted by molar-refractivity contribution is 0.616. The van der Waals surface area contributed by atoms with Crippen LogP contribution in [0, 0.1) is 0 Å². The van der Waals surface area contributed by atoms with Crippen molar-refractivity contribution in [1.29, 1.82) is 0 Å². The van der Waals surface area contributed by atoms with Gasteiger partial charge in [-0.1, -0.05) is 25.5 Å². The van der Waals surface area contributed by atoms with Crippen LogP contribution < -0.4 is 10.6 Å². The van der Waals surface area contributed by atoms with Crippen LogP contribution in [-0.2, 0) is 0 Å². The summed E-state index contributed by atoms with van der Waals surface area (Å²) in [6.45, 7) is 6.51. The lowest BCUT2D eigenvalue weighted by Crippen LogP contribution is -2.37. The third-order valence-electron chi connectivity index (χ3n) is 3.05. The monoisotopic (exact) mass is 245 g/mol. The standard InChI is InChI=1S/C15H23N3/c1-4-5-10-14-17-13-9-7-6-8-12(13)15(18-14)16-11(2)3/h6-9,11,14,17H,4-5,10H2,1-3H3,(H,16,18). The quantitative estimate of drug-likeness (QED) is 0.853. The van der Waals surface area contributed by atoms with E-state index in [2.05, 4.69) is 55.7 Å².